The summed E-state index contributed by atoms with van der Waals surface area (Å²) in [6.07, 6.45) is 0.812. The Bertz CT molecular complexity index is 1630. The number of aliphatic imine (C=N–C) groups is 1. The smallest absolute Gasteiger partial charge is 0.408 e. The summed E-state index contributed by atoms with van der Waals surface area (Å²) in [5.74, 6) is -0.639. The van der Waals surface area contributed by atoms with Crippen LogP contribution in [0.5, 0.6) is 0 Å². The topological polar surface area (TPSA) is 113 Å². The van der Waals surface area contributed by atoms with E-state index in [0.29, 0.717) is 27.9 Å². The van der Waals surface area contributed by atoms with Gasteiger partial charge in [0, 0.05) is 5.69 Å². The van der Waals surface area contributed by atoms with Gasteiger partial charge in [-0.2, -0.15) is 0 Å². The molecule has 1 fully saturated rings. The maximum atomic E-state index is 13.7. The summed E-state index contributed by atoms with van der Waals surface area (Å²) < 4.78 is 24.3. The van der Waals surface area contributed by atoms with Crippen LogP contribution in [0.1, 0.15) is 29.1 Å². The van der Waals surface area contributed by atoms with Crippen molar-refractivity contribution in [2.45, 2.75) is 31.4 Å². The van der Waals surface area contributed by atoms with E-state index in [-0.39, 0.29) is 24.1 Å². The normalized spacial score (nSPS) is 16.3. The first-order valence-corrected chi connectivity index (χ1v) is 14.4. The zero-order valence-corrected chi connectivity index (χ0v) is 24.4. The van der Waals surface area contributed by atoms with Crippen LogP contribution in [0.3, 0.4) is 0 Å². The first-order chi connectivity index (χ1) is 20.8. The number of halogens is 2. The minimum absolute atomic E-state index is 0.0726. The third-order valence-corrected chi connectivity index (χ3v) is 7.91. The fraction of sp³-hybridized carbons (Fsp3) is 0.161. The molecule has 0 bridgehead atoms. The maximum Gasteiger partial charge on any atom is 0.408 e. The average molecular weight is 621 g/mol. The van der Waals surface area contributed by atoms with E-state index in [4.69, 9.17) is 20.8 Å². The zero-order chi connectivity index (χ0) is 30.3. The van der Waals surface area contributed by atoms with Gasteiger partial charge in [-0.1, -0.05) is 65.8 Å². The third-order valence-electron chi connectivity index (χ3n) is 6.39. The largest absolute Gasteiger partial charge is 0.467 e. The van der Waals surface area contributed by atoms with E-state index in [1.165, 1.54) is 41.1 Å². The summed E-state index contributed by atoms with van der Waals surface area (Å²) in [5, 5.41) is 4.98. The van der Waals surface area contributed by atoms with Crippen molar-refractivity contribution in [1.82, 2.24) is 10.2 Å². The zero-order valence-electron chi connectivity index (χ0n) is 22.8. The lowest BCUT2D eigenvalue weighted by atomic mass is 10.1. The number of amidine groups is 1. The van der Waals surface area contributed by atoms with E-state index in [1.54, 1.807) is 43.3 Å². The molecule has 1 aliphatic heterocycles. The molecular weight excluding hydrogens is 595 g/mol. The van der Waals surface area contributed by atoms with Crippen LogP contribution in [0.4, 0.5) is 20.6 Å². The second kappa shape index (κ2) is 13.6. The molecule has 1 saturated heterocycles. The lowest BCUT2D eigenvalue weighted by Gasteiger charge is -2.16. The number of furan rings is 1. The van der Waals surface area contributed by atoms with Crippen LogP contribution in [0.25, 0.3) is 0 Å². The number of anilines is 1. The molecule has 1 unspecified atom stereocenters. The lowest BCUT2D eigenvalue weighted by molar-refractivity contribution is -0.126. The molecule has 2 atom stereocenters. The molecule has 1 aliphatic rings. The molecule has 12 heteroatoms. The van der Waals surface area contributed by atoms with Gasteiger partial charge in [0.05, 0.1) is 23.5 Å². The Kier molecular flexibility index (Phi) is 9.43. The molecule has 3 amide bonds. The number of carbonyl (C=O) groups excluding carboxylic acids is 3. The van der Waals surface area contributed by atoms with Crippen LogP contribution in [0, 0.1) is 5.82 Å². The van der Waals surface area contributed by atoms with Gasteiger partial charge >= 0.3 is 6.09 Å². The van der Waals surface area contributed by atoms with Gasteiger partial charge in [-0.05, 0) is 60.5 Å². The van der Waals surface area contributed by atoms with E-state index >= 15 is 0 Å². The van der Waals surface area contributed by atoms with Crippen molar-refractivity contribution in [3.8, 4) is 0 Å². The highest BCUT2D eigenvalue weighted by Crippen LogP contribution is 2.41. The number of thioether (sulfide) groups is 1. The standard InChI is InChI=1S/C31H26ClFN4O5S/c1-19(34-31(40)42-18-20-6-3-2-4-7-20)28(38)35-22-11-9-21(10-12-22)27-29(39)37(17-24-8-5-15-41-24)30(43-27)36-23-13-14-26(33)25(32)16-23/h2-16,19,27H,17-18H2,1H3,(H,34,40)(H,35,38)/t19-,27?/m0/s1. The molecule has 0 aliphatic carbocycles. The fourth-order valence-electron chi connectivity index (χ4n) is 4.12. The maximum absolute atomic E-state index is 13.7. The number of benzene rings is 3. The van der Waals surface area contributed by atoms with E-state index in [9.17, 15) is 18.8 Å². The molecule has 0 saturated carbocycles. The van der Waals surface area contributed by atoms with Gasteiger partial charge in [-0.3, -0.25) is 14.5 Å². The molecule has 4 aromatic rings. The fourth-order valence-corrected chi connectivity index (χ4v) is 5.47. The summed E-state index contributed by atoms with van der Waals surface area (Å²) >= 11 is 7.17. The van der Waals surface area contributed by atoms with Crippen molar-refractivity contribution < 1.29 is 27.9 Å². The quantitative estimate of drug-likeness (QED) is 0.212. The summed E-state index contributed by atoms with van der Waals surface area (Å²) in [5.41, 5.74) is 2.40. The Morgan fingerprint density at radius 2 is 1.86 bits per heavy atom. The van der Waals surface area contributed by atoms with Gasteiger partial charge in [-0.15, -0.1) is 0 Å². The molecule has 43 heavy (non-hydrogen) atoms. The monoisotopic (exact) mass is 620 g/mol. The van der Waals surface area contributed by atoms with Gasteiger partial charge in [0.15, 0.2) is 5.17 Å². The molecule has 0 spiro atoms. The summed E-state index contributed by atoms with van der Waals surface area (Å²) in [6.45, 7) is 1.80. The second-order valence-electron chi connectivity index (χ2n) is 9.53. The lowest BCUT2D eigenvalue weighted by Crippen LogP contribution is -2.41. The third kappa shape index (κ3) is 7.62. The van der Waals surface area contributed by atoms with Gasteiger partial charge in [0.1, 0.15) is 29.5 Å². The Balaban J connectivity index is 1.23. The van der Waals surface area contributed by atoms with E-state index in [2.05, 4.69) is 15.6 Å². The van der Waals surface area contributed by atoms with Gasteiger partial charge in [0.2, 0.25) is 11.8 Å². The molecule has 5 rings (SSSR count). The Morgan fingerprint density at radius 3 is 2.56 bits per heavy atom. The number of nitrogens with zero attached hydrogens (tertiary/aromatic N) is 2. The van der Waals surface area contributed by atoms with Gasteiger partial charge in [0.25, 0.3) is 0 Å². The van der Waals surface area contributed by atoms with Crippen LogP contribution < -0.4 is 10.6 Å². The predicted octanol–water partition coefficient (Wildman–Crippen LogP) is 6.83. The van der Waals surface area contributed by atoms with E-state index < -0.39 is 29.1 Å². The minimum Gasteiger partial charge on any atom is -0.467 e. The molecule has 0 radical (unpaired) electrons. The van der Waals surface area contributed by atoms with E-state index in [0.717, 1.165) is 5.56 Å². The van der Waals surface area contributed by atoms with Crippen LogP contribution in [0.15, 0.2) is 101 Å². The molecule has 2 heterocycles. The van der Waals surface area contributed by atoms with Crippen LogP contribution >= 0.6 is 23.4 Å². The highest BCUT2D eigenvalue weighted by Gasteiger charge is 2.39. The Morgan fingerprint density at radius 1 is 1.09 bits per heavy atom. The first kappa shape index (κ1) is 29.9. The van der Waals surface area contributed by atoms with Crippen molar-refractivity contribution in [3.05, 3.63) is 119 Å². The highest BCUT2D eigenvalue weighted by molar-refractivity contribution is 8.15. The van der Waals surface area contributed by atoms with Crippen LogP contribution in [-0.4, -0.2) is 34.0 Å². The molecule has 220 valence electrons. The van der Waals surface area contributed by atoms with Crippen molar-refractivity contribution >= 4 is 57.8 Å². The summed E-state index contributed by atoms with van der Waals surface area (Å²) in [6, 6.07) is 22.7. The predicted molar refractivity (Wildman–Crippen MR) is 162 cm³/mol. The van der Waals surface area contributed by atoms with Crippen molar-refractivity contribution in [3.63, 3.8) is 0 Å². The molecule has 2 N–H and O–H groups in total. The number of hydrogen-bond acceptors (Lipinski definition) is 7. The number of nitrogens with one attached hydrogen (secondary N) is 2. The molecular formula is C31H26ClFN4O5S. The first-order valence-electron chi connectivity index (χ1n) is 13.2. The van der Waals surface area contributed by atoms with Crippen molar-refractivity contribution in [2.75, 3.05) is 5.32 Å². The summed E-state index contributed by atoms with van der Waals surface area (Å²) in [4.78, 5) is 44.4. The summed E-state index contributed by atoms with van der Waals surface area (Å²) in [7, 11) is 0. The number of hydrogen-bond donors (Lipinski definition) is 2. The SMILES string of the molecule is C[C@H](NC(=O)OCc1ccccc1)C(=O)Nc1ccc(C2SC(=Nc3ccc(F)c(Cl)c3)N(Cc3ccco3)C2=O)cc1. The Labute approximate surface area is 256 Å². The number of ether oxygens (including phenoxy) is 1. The minimum atomic E-state index is -0.858. The molecule has 3 aromatic carbocycles. The van der Waals surface area contributed by atoms with Crippen molar-refractivity contribution in [2.24, 2.45) is 4.99 Å². The second-order valence-corrected chi connectivity index (χ2v) is 11.0. The van der Waals surface area contributed by atoms with Gasteiger partial charge in [-0.25, -0.2) is 14.2 Å². The molecule has 1 aromatic heterocycles. The number of amides is 3. The number of alkyl carbamates (subject to hydrolysis) is 1. The average Bonchev–Trinajstić information content (AvgIpc) is 3.63. The number of carbonyl (C=O) groups is 3. The van der Waals surface area contributed by atoms with Gasteiger partial charge < -0.3 is 19.8 Å². The highest BCUT2D eigenvalue weighted by atomic mass is 35.5. The Hall–Kier alpha value is -4.61. The van der Waals surface area contributed by atoms with Crippen molar-refractivity contribution in [1.29, 1.82) is 0 Å². The number of rotatable bonds is 9. The van der Waals surface area contributed by atoms with Crippen LogP contribution in [0.2, 0.25) is 5.02 Å². The molecule has 9 nitrogen and oxygen atoms in total. The van der Waals surface area contributed by atoms with Crippen LogP contribution in [-0.2, 0) is 27.5 Å². The van der Waals surface area contributed by atoms with E-state index in [1.807, 2.05) is 30.3 Å².